The molecule has 0 spiro atoms. The normalized spacial score (nSPS) is 15.4. The molecule has 0 aliphatic carbocycles. The highest BCUT2D eigenvalue weighted by Gasteiger charge is 2.20. The molecule has 0 amide bonds. The molecule has 0 radical (unpaired) electrons. The summed E-state index contributed by atoms with van der Waals surface area (Å²) >= 11 is 0. The van der Waals surface area contributed by atoms with Crippen LogP contribution in [-0.2, 0) is 0 Å². The van der Waals surface area contributed by atoms with Gasteiger partial charge in [-0.05, 0) is 0 Å². The van der Waals surface area contributed by atoms with E-state index >= 15 is 0 Å². The van der Waals surface area contributed by atoms with Crippen LogP contribution < -0.4 is 0 Å². The lowest BCUT2D eigenvalue weighted by Crippen LogP contribution is -2.14. The van der Waals surface area contributed by atoms with Crippen LogP contribution in [0.25, 0.3) is 0 Å². The molecule has 0 aromatic carbocycles. The van der Waals surface area contributed by atoms with Crippen LogP contribution in [0.1, 0.15) is 65.7 Å². The monoisotopic (exact) mass is 182 g/mol. The van der Waals surface area contributed by atoms with Crippen molar-refractivity contribution in [3.63, 3.8) is 0 Å². The van der Waals surface area contributed by atoms with Crippen molar-refractivity contribution in [1.82, 2.24) is 0 Å². The minimum Gasteiger partial charge on any atom is -0.0889 e. The Balaban J connectivity index is 3.57. The maximum Gasteiger partial charge on any atom is 0.124 e. The van der Waals surface area contributed by atoms with Gasteiger partial charge in [0, 0.05) is 0 Å². The molecule has 0 heterocycles. The standard InChI is InChI=1S/C12H27B/c1-5-7-8-9-11-12(3,13-4)10-6-2/h13H,5-11H2,1-4H3. The van der Waals surface area contributed by atoms with Gasteiger partial charge in [0.05, 0.1) is 0 Å². The van der Waals surface area contributed by atoms with Gasteiger partial charge in [-0.1, -0.05) is 77.9 Å². The van der Waals surface area contributed by atoms with Crippen molar-refractivity contribution in [2.24, 2.45) is 0 Å². The first-order chi connectivity index (χ1) is 6.18. The van der Waals surface area contributed by atoms with Crippen LogP contribution in [0.4, 0.5) is 0 Å². The fourth-order valence-electron chi connectivity index (χ4n) is 2.06. The molecule has 0 nitrogen and oxygen atoms in total. The number of rotatable bonds is 8. The van der Waals surface area contributed by atoms with E-state index in [0.717, 1.165) is 0 Å². The minimum atomic E-state index is 0.641. The SMILES string of the molecule is CBC(C)(CCC)CCCCCC. The van der Waals surface area contributed by atoms with Gasteiger partial charge in [0.2, 0.25) is 0 Å². The lowest BCUT2D eigenvalue weighted by atomic mass is 9.51. The van der Waals surface area contributed by atoms with Gasteiger partial charge in [-0.25, -0.2) is 0 Å². The van der Waals surface area contributed by atoms with Gasteiger partial charge in [-0.3, -0.25) is 0 Å². The molecule has 0 N–H and O–H groups in total. The van der Waals surface area contributed by atoms with E-state index in [1.54, 1.807) is 0 Å². The Labute approximate surface area is 85.7 Å². The van der Waals surface area contributed by atoms with E-state index in [0.29, 0.717) is 5.31 Å². The zero-order valence-electron chi connectivity index (χ0n) is 10.2. The zero-order chi connectivity index (χ0) is 10.2. The van der Waals surface area contributed by atoms with Crippen molar-refractivity contribution in [3.8, 4) is 0 Å². The number of hydrogen-bond donors (Lipinski definition) is 0. The summed E-state index contributed by atoms with van der Waals surface area (Å²) in [4.78, 5) is 0. The summed E-state index contributed by atoms with van der Waals surface area (Å²) < 4.78 is 0. The molecule has 0 aromatic heterocycles. The highest BCUT2D eigenvalue weighted by Crippen LogP contribution is 2.36. The topological polar surface area (TPSA) is 0 Å². The van der Waals surface area contributed by atoms with Gasteiger partial charge >= 0.3 is 0 Å². The van der Waals surface area contributed by atoms with Crippen LogP contribution in [0, 0.1) is 0 Å². The summed E-state index contributed by atoms with van der Waals surface area (Å²) in [5.74, 6) is 0. The Kier molecular flexibility index (Phi) is 7.50. The predicted octanol–water partition coefficient (Wildman–Crippen LogP) is 4.42. The summed E-state index contributed by atoms with van der Waals surface area (Å²) in [7, 11) is 1.35. The highest BCUT2D eigenvalue weighted by molar-refractivity contribution is 6.38. The summed E-state index contributed by atoms with van der Waals surface area (Å²) in [6, 6.07) is 0. The third-order valence-corrected chi connectivity index (χ3v) is 3.34. The molecule has 13 heavy (non-hydrogen) atoms. The predicted molar refractivity (Wildman–Crippen MR) is 65.0 cm³/mol. The molecule has 0 aromatic rings. The van der Waals surface area contributed by atoms with Crippen LogP contribution in [-0.4, -0.2) is 7.28 Å². The highest BCUT2D eigenvalue weighted by atomic mass is 14.2. The average Bonchev–Trinajstić information content (AvgIpc) is 2.13. The third kappa shape index (κ3) is 6.18. The largest absolute Gasteiger partial charge is 0.124 e. The average molecular weight is 182 g/mol. The molecule has 0 saturated carbocycles. The molecule has 0 aliphatic rings. The number of unbranched alkanes of at least 4 members (excludes halogenated alkanes) is 3. The van der Waals surface area contributed by atoms with E-state index in [1.165, 1.54) is 52.2 Å². The van der Waals surface area contributed by atoms with E-state index in [-0.39, 0.29) is 0 Å². The first-order valence-electron chi connectivity index (χ1n) is 6.18. The van der Waals surface area contributed by atoms with Crippen LogP contribution in [0.2, 0.25) is 12.1 Å². The van der Waals surface area contributed by atoms with Crippen LogP contribution >= 0.6 is 0 Å². The van der Waals surface area contributed by atoms with Crippen molar-refractivity contribution in [3.05, 3.63) is 0 Å². The maximum absolute atomic E-state index is 2.46. The van der Waals surface area contributed by atoms with Crippen molar-refractivity contribution in [2.75, 3.05) is 0 Å². The van der Waals surface area contributed by atoms with Crippen molar-refractivity contribution >= 4 is 7.28 Å². The molecule has 1 atom stereocenters. The lowest BCUT2D eigenvalue weighted by molar-refractivity contribution is 0.471. The fraction of sp³-hybridized carbons (Fsp3) is 1.00. The van der Waals surface area contributed by atoms with Crippen molar-refractivity contribution in [1.29, 1.82) is 0 Å². The van der Waals surface area contributed by atoms with Crippen molar-refractivity contribution < 1.29 is 0 Å². The molecule has 0 bridgehead atoms. The van der Waals surface area contributed by atoms with Crippen LogP contribution in [0.3, 0.4) is 0 Å². The molecular formula is C12H27B. The molecule has 0 aliphatic heterocycles. The molecule has 1 heteroatoms. The molecular weight excluding hydrogens is 155 g/mol. The molecule has 0 fully saturated rings. The molecule has 1 unspecified atom stereocenters. The fourth-order valence-corrected chi connectivity index (χ4v) is 2.06. The molecule has 0 rings (SSSR count). The van der Waals surface area contributed by atoms with Gasteiger partial charge in [0.25, 0.3) is 0 Å². The van der Waals surface area contributed by atoms with E-state index in [4.69, 9.17) is 0 Å². The van der Waals surface area contributed by atoms with E-state index < -0.39 is 0 Å². The first kappa shape index (κ1) is 13.1. The molecule has 78 valence electrons. The second kappa shape index (κ2) is 7.47. The maximum atomic E-state index is 2.46. The second-order valence-electron chi connectivity index (χ2n) is 4.72. The Hall–Kier alpha value is 0.0649. The van der Waals surface area contributed by atoms with Gasteiger partial charge < -0.3 is 0 Å². The third-order valence-electron chi connectivity index (χ3n) is 3.34. The Morgan fingerprint density at radius 3 is 2.08 bits per heavy atom. The Bertz CT molecular complexity index is 112. The van der Waals surface area contributed by atoms with Crippen LogP contribution in [0.15, 0.2) is 0 Å². The smallest absolute Gasteiger partial charge is 0.0889 e. The zero-order valence-corrected chi connectivity index (χ0v) is 10.2. The van der Waals surface area contributed by atoms with E-state index in [1.807, 2.05) is 0 Å². The van der Waals surface area contributed by atoms with Crippen LogP contribution in [0.5, 0.6) is 0 Å². The second-order valence-corrected chi connectivity index (χ2v) is 4.72. The Morgan fingerprint density at radius 1 is 0.923 bits per heavy atom. The minimum absolute atomic E-state index is 0.641. The van der Waals surface area contributed by atoms with E-state index in [9.17, 15) is 0 Å². The summed E-state index contributed by atoms with van der Waals surface area (Å²) in [5.41, 5.74) is 0. The summed E-state index contributed by atoms with van der Waals surface area (Å²) in [6.07, 6.45) is 9.86. The Morgan fingerprint density at radius 2 is 1.62 bits per heavy atom. The quantitative estimate of drug-likeness (QED) is 0.385. The van der Waals surface area contributed by atoms with Gasteiger partial charge in [-0.15, -0.1) is 0 Å². The van der Waals surface area contributed by atoms with Gasteiger partial charge in [-0.2, -0.15) is 0 Å². The number of hydrogen-bond acceptors (Lipinski definition) is 0. The lowest BCUT2D eigenvalue weighted by Gasteiger charge is -2.27. The first-order valence-corrected chi connectivity index (χ1v) is 6.18. The van der Waals surface area contributed by atoms with Gasteiger partial charge in [0.15, 0.2) is 0 Å². The van der Waals surface area contributed by atoms with E-state index in [2.05, 4.69) is 27.6 Å². The van der Waals surface area contributed by atoms with Gasteiger partial charge in [0.1, 0.15) is 7.28 Å². The van der Waals surface area contributed by atoms with Crippen molar-refractivity contribution in [2.45, 2.75) is 77.9 Å². The molecule has 0 saturated heterocycles. The summed E-state index contributed by atoms with van der Waals surface area (Å²) in [6.45, 7) is 9.39. The summed E-state index contributed by atoms with van der Waals surface area (Å²) in [5, 5.41) is 0.641.